The number of aliphatic imine (C=N–C) groups is 1. The first kappa shape index (κ1) is 26.9. The number of fused-ring (bicyclic) bond motifs is 1. The third-order valence-electron chi connectivity index (χ3n) is 6.14. The number of aromatic amines is 1. The maximum absolute atomic E-state index is 15.0. The van der Waals surface area contributed by atoms with Gasteiger partial charge in [-0.15, -0.1) is 0 Å². The second-order valence-electron chi connectivity index (χ2n) is 8.85. The number of nitrogens with one attached hydrogen (secondary N) is 3. The molecule has 0 saturated heterocycles. The van der Waals surface area contributed by atoms with E-state index in [1.54, 1.807) is 84.7 Å². The number of carbonyl (C=O) groups excluding carboxylic acids is 2. The number of H-pyrrole nitrogens is 1. The molecular formula is C29H27FN6O3S. The van der Waals surface area contributed by atoms with Crippen LogP contribution in [0.2, 0.25) is 0 Å². The maximum Gasteiger partial charge on any atom is 0.321 e. The van der Waals surface area contributed by atoms with E-state index in [0.717, 1.165) is 5.75 Å². The second kappa shape index (κ2) is 12.5. The van der Waals surface area contributed by atoms with Gasteiger partial charge in [0.2, 0.25) is 6.17 Å². The molecule has 9 nitrogen and oxygen atoms in total. The zero-order valence-corrected chi connectivity index (χ0v) is 22.5. The summed E-state index contributed by atoms with van der Waals surface area (Å²) in [4.78, 5) is 40.2. The second-order valence-corrected chi connectivity index (χ2v) is 9.83. The highest BCUT2D eigenvalue weighted by atomic mass is 32.2. The lowest BCUT2D eigenvalue weighted by molar-refractivity contribution is -0.120. The number of nitrogens with zero attached hydrogens (tertiary/aromatic N) is 3. The lowest BCUT2D eigenvalue weighted by Gasteiger charge is -2.25. The molecule has 0 bridgehead atoms. The van der Waals surface area contributed by atoms with Crippen LogP contribution in [-0.2, 0) is 11.3 Å². The number of anilines is 2. The van der Waals surface area contributed by atoms with Crippen LogP contribution in [-0.4, -0.2) is 52.4 Å². The summed E-state index contributed by atoms with van der Waals surface area (Å²) in [5.74, 6) is 0.463. The van der Waals surface area contributed by atoms with Gasteiger partial charge in [-0.25, -0.2) is 19.2 Å². The number of benzodiazepines with no additional fused rings is 1. The summed E-state index contributed by atoms with van der Waals surface area (Å²) in [5.41, 5.74) is 2.72. The Morgan fingerprint density at radius 2 is 1.90 bits per heavy atom. The highest BCUT2D eigenvalue weighted by molar-refractivity contribution is 7.98. The van der Waals surface area contributed by atoms with E-state index < -0.39 is 23.9 Å². The first-order valence-electron chi connectivity index (χ1n) is 12.5. The molecule has 3 aromatic carbocycles. The molecule has 1 aromatic heterocycles. The number of benzene rings is 3. The van der Waals surface area contributed by atoms with E-state index in [1.807, 2.05) is 6.26 Å². The number of imidazole rings is 1. The average molecular weight is 559 g/mol. The summed E-state index contributed by atoms with van der Waals surface area (Å²) >= 11 is 1.67. The maximum atomic E-state index is 15.0. The van der Waals surface area contributed by atoms with Gasteiger partial charge < -0.3 is 25.3 Å². The number of para-hydroxylation sites is 1. The number of rotatable bonds is 9. The number of urea groups is 1. The highest BCUT2D eigenvalue weighted by Crippen LogP contribution is 2.30. The van der Waals surface area contributed by atoms with Gasteiger partial charge in [-0.1, -0.05) is 36.4 Å². The number of amides is 3. The van der Waals surface area contributed by atoms with E-state index in [2.05, 4.69) is 25.6 Å². The number of aromatic nitrogens is 2. The van der Waals surface area contributed by atoms with Gasteiger partial charge in [0.05, 0.1) is 36.6 Å². The fourth-order valence-electron chi connectivity index (χ4n) is 4.29. The van der Waals surface area contributed by atoms with Crippen LogP contribution in [0.3, 0.4) is 0 Å². The summed E-state index contributed by atoms with van der Waals surface area (Å²) in [6.45, 7) is 0.679. The predicted molar refractivity (Wildman–Crippen MR) is 155 cm³/mol. The van der Waals surface area contributed by atoms with Crippen molar-refractivity contribution < 1.29 is 18.7 Å². The van der Waals surface area contributed by atoms with Crippen LogP contribution >= 0.6 is 11.8 Å². The molecule has 1 atom stereocenters. The molecule has 0 fully saturated rings. The first-order chi connectivity index (χ1) is 19.5. The molecule has 1 aliphatic rings. The summed E-state index contributed by atoms with van der Waals surface area (Å²) < 4.78 is 20.7. The first-order valence-corrected chi connectivity index (χ1v) is 13.9. The van der Waals surface area contributed by atoms with Crippen molar-refractivity contribution >= 4 is 40.8 Å². The number of hydrogen-bond donors (Lipinski definition) is 3. The van der Waals surface area contributed by atoms with Crippen molar-refractivity contribution in [2.45, 2.75) is 12.7 Å². The minimum Gasteiger partial charge on any atom is -0.493 e. The Labute approximate surface area is 234 Å². The van der Waals surface area contributed by atoms with Gasteiger partial charge in [-0.3, -0.25) is 4.79 Å². The quantitative estimate of drug-likeness (QED) is 0.255. The molecule has 3 amide bonds. The Morgan fingerprint density at radius 3 is 2.67 bits per heavy atom. The van der Waals surface area contributed by atoms with E-state index in [1.165, 1.54) is 17.3 Å². The van der Waals surface area contributed by atoms with Gasteiger partial charge >= 0.3 is 6.03 Å². The van der Waals surface area contributed by atoms with E-state index >= 15 is 4.39 Å². The largest absolute Gasteiger partial charge is 0.493 e. The van der Waals surface area contributed by atoms with Crippen LogP contribution in [0.15, 0.2) is 90.3 Å². The van der Waals surface area contributed by atoms with Crippen molar-refractivity contribution in [1.82, 2.24) is 15.3 Å². The van der Waals surface area contributed by atoms with Crippen LogP contribution in [0.4, 0.5) is 20.6 Å². The van der Waals surface area contributed by atoms with Gasteiger partial charge in [-0.05, 0) is 36.6 Å². The zero-order valence-electron chi connectivity index (χ0n) is 21.6. The standard InChI is InChI=1S/C29H27FN6O3S/c1-40-14-13-39-21-8-6-7-19(15-21)33-29(38)35-27-28(37)36(17-20-16-31-18-32-20)25-12-5-3-10-23(25)26(34-27)22-9-2-4-11-24(22)30/h2-12,15-16,18,27H,13-14,17H2,1H3,(H,31,32)(H2,33,35,38)/t27-/m0/s1. The van der Waals surface area contributed by atoms with Crippen LogP contribution in [0.1, 0.15) is 16.8 Å². The SMILES string of the molecule is CSCCOc1cccc(NC(=O)N[C@@H]2N=C(c3ccccc3F)c3ccccc3N(Cc3cnc[nH]3)C2=O)c1. The zero-order chi connectivity index (χ0) is 27.9. The molecular weight excluding hydrogens is 531 g/mol. The van der Waals surface area contributed by atoms with Crippen LogP contribution < -0.4 is 20.3 Å². The van der Waals surface area contributed by atoms with E-state index in [0.29, 0.717) is 35.0 Å². The Morgan fingerprint density at radius 1 is 1.10 bits per heavy atom. The lowest BCUT2D eigenvalue weighted by atomic mass is 9.99. The molecule has 11 heteroatoms. The van der Waals surface area contributed by atoms with Gasteiger partial charge in [-0.2, -0.15) is 11.8 Å². The third-order valence-corrected chi connectivity index (χ3v) is 6.71. The third kappa shape index (κ3) is 6.15. The Bertz CT molecular complexity index is 1530. The van der Waals surface area contributed by atoms with Crippen LogP contribution in [0.25, 0.3) is 0 Å². The molecule has 204 valence electrons. The Kier molecular flexibility index (Phi) is 8.41. The van der Waals surface area contributed by atoms with Crippen molar-refractivity contribution in [2.24, 2.45) is 4.99 Å². The number of hydrogen-bond acceptors (Lipinski definition) is 6. The minimum atomic E-state index is -1.34. The highest BCUT2D eigenvalue weighted by Gasteiger charge is 2.34. The molecule has 1 aliphatic heterocycles. The molecule has 3 N–H and O–H groups in total. The van der Waals surface area contributed by atoms with Crippen LogP contribution in [0, 0.1) is 5.82 Å². The van der Waals surface area contributed by atoms with E-state index in [9.17, 15) is 9.59 Å². The summed E-state index contributed by atoms with van der Waals surface area (Å²) in [6.07, 6.45) is 3.79. The van der Waals surface area contributed by atoms with Crippen molar-refractivity contribution in [3.05, 3.63) is 108 Å². The molecule has 0 spiro atoms. The average Bonchev–Trinajstić information content (AvgIpc) is 3.45. The minimum absolute atomic E-state index is 0.144. The fraction of sp³-hybridized carbons (Fsp3) is 0.172. The van der Waals surface area contributed by atoms with Gasteiger partial charge in [0, 0.05) is 34.8 Å². The van der Waals surface area contributed by atoms with Gasteiger partial charge in [0.25, 0.3) is 5.91 Å². The summed E-state index contributed by atoms with van der Waals surface area (Å²) in [5, 5.41) is 5.41. The van der Waals surface area contributed by atoms with Crippen molar-refractivity contribution in [1.29, 1.82) is 0 Å². The summed E-state index contributed by atoms with van der Waals surface area (Å²) in [6, 6.07) is 19.7. The molecule has 2 heterocycles. The monoisotopic (exact) mass is 558 g/mol. The number of ether oxygens (including phenoxy) is 1. The topological polar surface area (TPSA) is 112 Å². The number of carbonyl (C=O) groups is 2. The lowest BCUT2D eigenvalue weighted by Crippen LogP contribution is -2.48. The normalized spacial score (nSPS) is 14.7. The molecule has 0 aliphatic carbocycles. The molecule has 0 radical (unpaired) electrons. The smallest absolute Gasteiger partial charge is 0.321 e. The van der Waals surface area contributed by atoms with Crippen molar-refractivity contribution in [3.63, 3.8) is 0 Å². The molecule has 0 unspecified atom stereocenters. The van der Waals surface area contributed by atoms with E-state index in [4.69, 9.17) is 4.74 Å². The predicted octanol–water partition coefficient (Wildman–Crippen LogP) is 4.82. The molecule has 40 heavy (non-hydrogen) atoms. The van der Waals surface area contributed by atoms with Gasteiger partial charge in [0.15, 0.2) is 0 Å². The number of halogens is 1. The van der Waals surface area contributed by atoms with E-state index in [-0.39, 0.29) is 17.8 Å². The Hall–Kier alpha value is -4.64. The molecule has 0 saturated carbocycles. The van der Waals surface area contributed by atoms with Crippen molar-refractivity contribution in [2.75, 3.05) is 28.8 Å². The molecule has 5 rings (SSSR count). The van der Waals surface area contributed by atoms with Gasteiger partial charge in [0.1, 0.15) is 11.6 Å². The Balaban J connectivity index is 1.47. The fourth-order valence-corrected chi connectivity index (χ4v) is 4.54. The molecule has 4 aromatic rings. The van der Waals surface area contributed by atoms with Crippen molar-refractivity contribution in [3.8, 4) is 5.75 Å². The number of thioether (sulfide) groups is 1. The van der Waals surface area contributed by atoms with Crippen LogP contribution in [0.5, 0.6) is 5.75 Å². The summed E-state index contributed by atoms with van der Waals surface area (Å²) in [7, 11) is 0.